The molecule has 21 heavy (non-hydrogen) atoms. The van der Waals surface area contributed by atoms with Gasteiger partial charge in [0.2, 0.25) is 0 Å². The maximum Gasteiger partial charge on any atom is 0.337 e. The third-order valence-corrected chi connectivity index (χ3v) is 3.54. The van der Waals surface area contributed by atoms with Crippen LogP contribution in [0, 0.1) is 0 Å². The molecular weight excluding hydrogens is 290 g/mol. The number of rotatable bonds is 4. The number of pyridine rings is 1. The van der Waals surface area contributed by atoms with E-state index in [0.717, 1.165) is 6.42 Å². The van der Waals surface area contributed by atoms with E-state index in [2.05, 4.69) is 10.2 Å². The largest absolute Gasteiger partial charge is 0.478 e. The van der Waals surface area contributed by atoms with Crippen molar-refractivity contribution >= 4 is 23.2 Å². The number of hydrogen-bond donors (Lipinski definition) is 1. The van der Waals surface area contributed by atoms with Crippen LogP contribution in [0.5, 0.6) is 0 Å². The Morgan fingerprint density at radius 2 is 1.95 bits per heavy atom. The molecule has 2 heterocycles. The summed E-state index contributed by atoms with van der Waals surface area (Å²) in [5.41, 5.74) is 1.78. The first-order chi connectivity index (χ1) is 10.1. The summed E-state index contributed by atoms with van der Waals surface area (Å²) in [6.07, 6.45) is 2.96. The van der Waals surface area contributed by atoms with Crippen LogP contribution in [0.3, 0.4) is 0 Å². The number of fused-ring (bicyclic) bond motifs is 1. The van der Waals surface area contributed by atoms with Crippen LogP contribution in [0.15, 0.2) is 42.6 Å². The Kier molecular flexibility index (Phi) is 3.58. The van der Waals surface area contributed by atoms with Gasteiger partial charge in [-0.25, -0.2) is 4.79 Å². The lowest BCUT2D eigenvalue weighted by Gasteiger charge is -2.03. The highest BCUT2D eigenvalue weighted by molar-refractivity contribution is 6.33. The van der Waals surface area contributed by atoms with Gasteiger partial charge in [-0.15, -0.1) is 10.2 Å². The zero-order valence-electron chi connectivity index (χ0n) is 11.0. The van der Waals surface area contributed by atoms with Gasteiger partial charge in [0.25, 0.3) is 0 Å². The third kappa shape index (κ3) is 2.73. The van der Waals surface area contributed by atoms with E-state index in [9.17, 15) is 4.79 Å². The highest BCUT2D eigenvalue weighted by Gasteiger charge is 2.13. The second kappa shape index (κ2) is 5.54. The average molecular weight is 302 g/mol. The van der Waals surface area contributed by atoms with E-state index in [0.29, 0.717) is 17.9 Å². The first-order valence-corrected chi connectivity index (χ1v) is 6.83. The molecule has 0 aliphatic carbocycles. The molecule has 0 saturated carbocycles. The van der Waals surface area contributed by atoms with Gasteiger partial charge in [-0.05, 0) is 18.1 Å². The van der Waals surface area contributed by atoms with Crippen molar-refractivity contribution in [1.82, 2.24) is 14.6 Å². The summed E-state index contributed by atoms with van der Waals surface area (Å²) in [5, 5.41) is 17.5. The van der Waals surface area contributed by atoms with Crippen molar-refractivity contribution in [3.63, 3.8) is 0 Å². The zero-order chi connectivity index (χ0) is 14.8. The fraction of sp³-hybridized carbons (Fsp3) is 0.133. The normalized spacial score (nSPS) is 10.9. The molecule has 3 rings (SSSR count). The Bertz CT molecular complexity index is 799. The predicted molar refractivity (Wildman–Crippen MR) is 78.8 cm³/mol. The highest BCUT2D eigenvalue weighted by atomic mass is 35.5. The zero-order valence-corrected chi connectivity index (χ0v) is 11.8. The van der Waals surface area contributed by atoms with Crippen LogP contribution in [-0.4, -0.2) is 25.7 Å². The second-order valence-electron chi connectivity index (χ2n) is 4.68. The van der Waals surface area contributed by atoms with Gasteiger partial charge in [0.1, 0.15) is 5.82 Å². The van der Waals surface area contributed by atoms with E-state index in [1.807, 2.05) is 30.3 Å². The Morgan fingerprint density at radius 3 is 2.67 bits per heavy atom. The van der Waals surface area contributed by atoms with Gasteiger partial charge in [0.05, 0.1) is 10.6 Å². The molecule has 0 aliphatic rings. The minimum Gasteiger partial charge on any atom is -0.478 e. The maximum absolute atomic E-state index is 11.1. The van der Waals surface area contributed by atoms with Gasteiger partial charge in [-0.3, -0.25) is 4.40 Å². The standard InChI is InChI=1S/C15H12ClN3O2/c16-12-8-11(15(20)21)9-19-13(17-18-14(12)19)7-6-10-4-2-1-3-5-10/h1-5,8-9H,6-7H2,(H,20,21). The molecule has 0 unspecified atom stereocenters. The summed E-state index contributed by atoms with van der Waals surface area (Å²) in [4.78, 5) is 11.1. The molecule has 0 saturated heterocycles. The number of carbonyl (C=O) groups is 1. The lowest BCUT2D eigenvalue weighted by Crippen LogP contribution is -2.03. The molecule has 1 aromatic carbocycles. The molecule has 2 aromatic heterocycles. The number of hydrogen-bond acceptors (Lipinski definition) is 3. The quantitative estimate of drug-likeness (QED) is 0.804. The van der Waals surface area contributed by atoms with Crippen LogP contribution in [0.25, 0.3) is 5.65 Å². The highest BCUT2D eigenvalue weighted by Crippen LogP contribution is 2.19. The van der Waals surface area contributed by atoms with Crippen LogP contribution in [0.2, 0.25) is 5.02 Å². The molecule has 0 aliphatic heterocycles. The maximum atomic E-state index is 11.1. The smallest absolute Gasteiger partial charge is 0.337 e. The molecular formula is C15H12ClN3O2. The Hall–Kier alpha value is -2.40. The van der Waals surface area contributed by atoms with E-state index in [1.54, 1.807) is 4.40 Å². The van der Waals surface area contributed by atoms with Crippen molar-refractivity contribution in [2.45, 2.75) is 12.8 Å². The summed E-state index contributed by atoms with van der Waals surface area (Å²) in [7, 11) is 0. The summed E-state index contributed by atoms with van der Waals surface area (Å²) in [5.74, 6) is -0.333. The number of carboxylic acids is 1. The molecule has 6 heteroatoms. The fourth-order valence-corrected chi connectivity index (χ4v) is 2.43. The number of aryl methyl sites for hydroxylation is 2. The van der Waals surface area contributed by atoms with Crippen LogP contribution < -0.4 is 0 Å². The predicted octanol–water partition coefficient (Wildman–Crippen LogP) is 2.87. The minimum atomic E-state index is -1.03. The Balaban J connectivity index is 1.94. The molecule has 106 valence electrons. The van der Waals surface area contributed by atoms with Gasteiger partial charge in [0, 0.05) is 12.6 Å². The Morgan fingerprint density at radius 1 is 1.19 bits per heavy atom. The van der Waals surface area contributed by atoms with Crippen LogP contribution in [0.1, 0.15) is 21.7 Å². The molecule has 0 spiro atoms. The first kappa shape index (κ1) is 13.6. The number of nitrogens with zero attached hydrogens (tertiary/aromatic N) is 3. The summed E-state index contributed by atoms with van der Waals surface area (Å²) in [6, 6.07) is 11.4. The molecule has 5 nitrogen and oxygen atoms in total. The second-order valence-corrected chi connectivity index (χ2v) is 5.08. The van der Waals surface area contributed by atoms with Gasteiger partial charge >= 0.3 is 5.97 Å². The van der Waals surface area contributed by atoms with Gasteiger partial charge in [-0.1, -0.05) is 41.9 Å². The Labute approximate surface area is 125 Å². The average Bonchev–Trinajstić information content (AvgIpc) is 2.90. The van der Waals surface area contributed by atoms with Gasteiger partial charge in [-0.2, -0.15) is 0 Å². The van der Waals surface area contributed by atoms with Crippen LogP contribution in [-0.2, 0) is 12.8 Å². The lowest BCUT2D eigenvalue weighted by molar-refractivity contribution is 0.0696. The first-order valence-electron chi connectivity index (χ1n) is 6.45. The summed E-state index contributed by atoms with van der Waals surface area (Å²) < 4.78 is 1.65. The number of benzene rings is 1. The molecule has 0 atom stereocenters. The van der Waals surface area contributed by atoms with Crippen molar-refractivity contribution in [2.24, 2.45) is 0 Å². The van der Waals surface area contributed by atoms with E-state index >= 15 is 0 Å². The van der Waals surface area contributed by atoms with Crippen molar-refractivity contribution in [3.8, 4) is 0 Å². The van der Waals surface area contributed by atoms with E-state index in [1.165, 1.54) is 17.8 Å². The number of aromatic carboxylic acids is 1. The van der Waals surface area contributed by atoms with Gasteiger partial charge in [0.15, 0.2) is 5.65 Å². The molecule has 3 aromatic rings. The van der Waals surface area contributed by atoms with E-state index < -0.39 is 5.97 Å². The van der Waals surface area contributed by atoms with Gasteiger partial charge < -0.3 is 5.11 Å². The lowest BCUT2D eigenvalue weighted by atomic mass is 10.1. The fourth-order valence-electron chi connectivity index (χ4n) is 2.19. The van der Waals surface area contributed by atoms with Crippen molar-refractivity contribution in [1.29, 1.82) is 0 Å². The molecule has 0 amide bonds. The monoisotopic (exact) mass is 301 g/mol. The van der Waals surface area contributed by atoms with Crippen molar-refractivity contribution in [2.75, 3.05) is 0 Å². The SMILES string of the molecule is O=C(O)c1cc(Cl)c2nnc(CCc3ccccc3)n2c1. The van der Waals surface area contributed by atoms with E-state index in [4.69, 9.17) is 16.7 Å². The molecule has 0 bridgehead atoms. The van der Waals surface area contributed by atoms with Crippen LogP contribution in [0.4, 0.5) is 0 Å². The van der Waals surface area contributed by atoms with Crippen molar-refractivity contribution < 1.29 is 9.90 Å². The molecule has 0 fully saturated rings. The topological polar surface area (TPSA) is 67.5 Å². The molecule has 0 radical (unpaired) electrons. The van der Waals surface area contributed by atoms with Crippen LogP contribution >= 0.6 is 11.6 Å². The van der Waals surface area contributed by atoms with Crippen molar-refractivity contribution in [3.05, 3.63) is 64.6 Å². The summed E-state index contributed by atoms with van der Waals surface area (Å²) >= 11 is 6.05. The molecule has 1 N–H and O–H groups in total. The van der Waals surface area contributed by atoms with E-state index in [-0.39, 0.29) is 10.6 Å². The number of carboxylic acid groups (broad SMARTS) is 1. The summed E-state index contributed by atoms with van der Waals surface area (Å²) in [6.45, 7) is 0. The minimum absolute atomic E-state index is 0.119. The number of aromatic nitrogens is 3. The number of halogens is 1. The third-order valence-electron chi connectivity index (χ3n) is 3.26.